The van der Waals surface area contributed by atoms with E-state index in [1.54, 1.807) is 42.2 Å². The Balaban J connectivity index is 1.78. The van der Waals surface area contributed by atoms with Gasteiger partial charge in [-0.25, -0.2) is 4.79 Å². The molecule has 1 aliphatic rings. The van der Waals surface area contributed by atoms with E-state index in [9.17, 15) is 13.2 Å². The standard InChI is InChI=1S/C22H27ClN2O4S/c1-15(2)24-22(26)25(13-17-10-11-17)14-18-7-5-8-19(12-18)29-30(27,28)21-16(3)6-4-9-20(21)23/h4-9,12,15,17H,10-11,13-14H2,1-3H3,(H,24,26). The van der Waals surface area contributed by atoms with Crippen LogP contribution in [0.1, 0.15) is 37.8 Å². The first-order chi connectivity index (χ1) is 14.2. The van der Waals surface area contributed by atoms with Crippen LogP contribution in [-0.4, -0.2) is 31.9 Å². The minimum Gasteiger partial charge on any atom is -0.379 e. The molecule has 1 N–H and O–H groups in total. The Labute approximate surface area is 183 Å². The van der Waals surface area contributed by atoms with Gasteiger partial charge in [-0.2, -0.15) is 8.42 Å². The zero-order chi connectivity index (χ0) is 21.9. The van der Waals surface area contributed by atoms with Gasteiger partial charge in [-0.3, -0.25) is 0 Å². The van der Waals surface area contributed by atoms with E-state index >= 15 is 0 Å². The van der Waals surface area contributed by atoms with E-state index in [0.29, 0.717) is 24.6 Å². The molecule has 0 unspecified atom stereocenters. The van der Waals surface area contributed by atoms with Crippen LogP contribution >= 0.6 is 11.6 Å². The highest BCUT2D eigenvalue weighted by atomic mass is 35.5. The van der Waals surface area contributed by atoms with Gasteiger partial charge in [-0.05, 0) is 68.9 Å². The third-order valence-electron chi connectivity index (χ3n) is 4.77. The highest BCUT2D eigenvalue weighted by Gasteiger charge is 2.27. The molecule has 6 nitrogen and oxygen atoms in total. The molecule has 0 saturated heterocycles. The van der Waals surface area contributed by atoms with Crippen molar-refractivity contribution in [2.75, 3.05) is 6.54 Å². The molecular formula is C22H27ClN2O4S. The molecule has 2 amide bonds. The second-order valence-corrected chi connectivity index (χ2v) is 9.89. The first-order valence-corrected chi connectivity index (χ1v) is 11.8. The SMILES string of the molecule is Cc1cccc(Cl)c1S(=O)(=O)Oc1cccc(CN(CC2CC2)C(=O)NC(C)C)c1. The number of halogens is 1. The van der Waals surface area contributed by atoms with E-state index in [4.69, 9.17) is 15.8 Å². The van der Waals surface area contributed by atoms with Gasteiger partial charge in [0.2, 0.25) is 0 Å². The molecule has 8 heteroatoms. The molecule has 0 bridgehead atoms. The van der Waals surface area contributed by atoms with Gasteiger partial charge in [0.25, 0.3) is 0 Å². The summed E-state index contributed by atoms with van der Waals surface area (Å²) in [6, 6.07) is 11.6. The Kier molecular flexibility index (Phi) is 6.93. The summed E-state index contributed by atoms with van der Waals surface area (Å²) < 4.78 is 30.9. The minimum absolute atomic E-state index is 0.0382. The molecule has 1 fully saturated rings. The molecular weight excluding hydrogens is 424 g/mol. The van der Waals surface area contributed by atoms with E-state index in [1.807, 2.05) is 19.9 Å². The minimum atomic E-state index is -4.09. The molecule has 0 aliphatic heterocycles. The van der Waals surface area contributed by atoms with Crippen LogP contribution in [0.15, 0.2) is 47.4 Å². The van der Waals surface area contributed by atoms with Crippen LogP contribution in [0.25, 0.3) is 0 Å². The summed E-state index contributed by atoms with van der Waals surface area (Å²) in [4.78, 5) is 14.3. The van der Waals surface area contributed by atoms with Gasteiger partial charge in [0, 0.05) is 19.1 Å². The van der Waals surface area contributed by atoms with Crippen LogP contribution in [0, 0.1) is 12.8 Å². The van der Waals surface area contributed by atoms with Crippen LogP contribution in [-0.2, 0) is 16.7 Å². The summed E-state index contributed by atoms with van der Waals surface area (Å²) in [7, 11) is -4.09. The predicted molar refractivity (Wildman–Crippen MR) is 117 cm³/mol. The highest BCUT2D eigenvalue weighted by molar-refractivity contribution is 7.87. The van der Waals surface area contributed by atoms with Crippen LogP contribution in [0.5, 0.6) is 5.75 Å². The summed E-state index contributed by atoms with van der Waals surface area (Å²) in [5, 5.41) is 3.05. The van der Waals surface area contributed by atoms with E-state index < -0.39 is 10.1 Å². The Morgan fingerprint density at radius 2 is 1.93 bits per heavy atom. The van der Waals surface area contributed by atoms with Crippen molar-refractivity contribution in [2.24, 2.45) is 5.92 Å². The van der Waals surface area contributed by atoms with Gasteiger partial charge in [0.1, 0.15) is 10.6 Å². The number of benzene rings is 2. The summed E-state index contributed by atoms with van der Waals surface area (Å²) in [5.74, 6) is 0.716. The lowest BCUT2D eigenvalue weighted by atomic mass is 10.2. The first-order valence-electron chi connectivity index (χ1n) is 9.99. The van der Waals surface area contributed by atoms with E-state index in [1.165, 1.54) is 6.07 Å². The molecule has 0 radical (unpaired) electrons. The highest BCUT2D eigenvalue weighted by Crippen LogP contribution is 2.31. The summed E-state index contributed by atoms with van der Waals surface area (Å²) in [5.41, 5.74) is 1.30. The van der Waals surface area contributed by atoms with Crippen LogP contribution in [0.3, 0.4) is 0 Å². The molecule has 3 rings (SSSR count). The number of hydrogen-bond donors (Lipinski definition) is 1. The van der Waals surface area contributed by atoms with Gasteiger partial charge in [-0.1, -0.05) is 35.9 Å². The van der Waals surface area contributed by atoms with Crippen molar-refractivity contribution in [1.82, 2.24) is 10.2 Å². The first kappa shape index (κ1) is 22.4. The summed E-state index contributed by atoms with van der Waals surface area (Å²) in [6.07, 6.45) is 2.26. The van der Waals surface area contributed by atoms with Gasteiger partial charge in [0.05, 0.1) is 5.02 Å². The maximum absolute atomic E-state index is 12.8. The number of amides is 2. The molecule has 162 valence electrons. The predicted octanol–water partition coefficient (Wildman–Crippen LogP) is 4.75. The number of carbonyl (C=O) groups is 1. The topological polar surface area (TPSA) is 75.7 Å². The monoisotopic (exact) mass is 450 g/mol. The molecule has 0 spiro atoms. The van der Waals surface area contributed by atoms with Gasteiger partial charge >= 0.3 is 16.1 Å². The average molecular weight is 451 g/mol. The third kappa shape index (κ3) is 5.89. The van der Waals surface area contributed by atoms with E-state index in [-0.39, 0.29) is 27.7 Å². The van der Waals surface area contributed by atoms with Crippen molar-refractivity contribution >= 4 is 27.8 Å². The second-order valence-electron chi connectivity index (χ2n) is 8.00. The summed E-state index contributed by atoms with van der Waals surface area (Å²) in [6.45, 7) is 6.56. The Morgan fingerprint density at radius 3 is 2.57 bits per heavy atom. The fourth-order valence-corrected chi connectivity index (χ4v) is 4.90. The lowest BCUT2D eigenvalue weighted by molar-refractivity contribution is 0.190. The van der Waals surface area contributed by atoms with Gasteiger partial charge in [-0.15, -0.1) is 0 Å². The van der Waals surface area contributed by atoms with Crippen molar-refractivity contribution in [2.45, 2.75) is 51.1 Å². The molecule has 0 atom stereocenters. The number of rotatable bonds is 8. The number of aryl methyl sites for hydroxylation is 1. The van der Waals surface area contributed by atoms with Crippen molar-refractivity contribution in [3.05, 3.63) is 58.6 Å². The zero-order valence-electron chi connectivity index (χ0n) is 17.4. The molecule has 0 aromatic heterocycles. The van der Waals surface area contributed by atoms with Crippen LogP contribution in [0.4, 0.5) is 4.79 Å². The quantitative estimate of drug-likeness (QED) is 0.589. The lowest BCUT2D eigenvalue weighted by Crippen LogP contribution is -2.43. The molecule has 1 saturated carbocycles. The number of nitrogens with zero attached hydrogens (tertiary/aromatic N) is 1. The number of hydrogen-bond acceptors (Lipinski definition) is 4. The summed E-state index contributed by atoms with van der Waals surface area (Å²) >= 11 is 6.10. The molecule has 2 aromatic carbocycles. The van der Waals surface area contributed by atoms with Crippen LogP contribution in [0.2, 0.25) is 5.02 Å². The fraction of sp³-hybridized carbons (Fsp3) is 0.409. The largest absolute Gasteiger partial charge is 0.379 e. The van der Waals surface area contributed by atoms with Crippen molar-refractivity contribution in [3.8, 4) is 5.75 Å². The maximum Gasteiger partial charge on any atom is 0.340 e. The van der Waals surface area contributed by atoms with E-state index in [0.717, 1.165) is 18.4 Å². The fourth-order valence-electron chi connectivity index (χ4n) is 3.19. The van der Waals surface area contributed by atoms with Crippen molar-refractivity contribution < 1.29 is 17.4 Å². The number of urea groups is 1. The Morgan fingerprint density at radius 1 is 1.23 bits per heavy atom. The Hall–Kier alpha value is -2.25. The maximum atomic E-state index is 12.8. The lowest BCUT2D eigenvalue weighted by Gasteiger charge is -2.24. The molecule has 0 heterocycles. The Bertz CT molecular complexity index is 999. The molecule has 2 aromatic rings. The van der Waals surface area contributed by atoms with Gasteiger partial charge < -0.3 is 14.4 Å². The normalized spacial score (nSPS) is 13.9. The van der Waals surface area contributed by atoms with Crippen LogP contribution < -0.4 is 9.50 Å². The number of nitrogens with one attached hydrogen (secondary N) is 1. The smallest absolute Gasteiger partial charge is 0.340 e. The van der Waals surface area contributed by atoms with E-state index in [2.05, 4.69) is 5.32 Å². The second kappa shape index (κ2) is 9.27. The zero-order valence-corrected chi connectivity index (χ0v) is 19.0. The average Bonchev–Trinajstić information content (AvgIpc) is 3.44. The third-order valence-corrected chi connectivity index (χ3v) is 6.65. The molecule has 1 aliphatic carbocycles. The van der Waals surface area contributed by atoms with Crippen molar-refractivity contribution in [3.63, 3.8) is 0 Å². The molecule has 30 heavy (non-hydrogen) atoms. The number of carbonyl (C=O) groups excluding carboxylic acids is 1. The van der Waals surface area contributed by atoms with Gasteiger partial charge in [0.15, 0.2) is 0 Å². The van der Waals surface area contributed by atoms with Crippen molar-refractivity contribution in [1.29, 1.82) is 0 Å².